The van der Waals surface area contributed by atoms with Crippen LogP contribution in [0.15, 0.2) is 54.7 Å². The molecule has 1 aliphatic carbocycles. The van der Waals surface area contributed by atoms with Crippen LogP contribution in [0.2, 0.25) is 0 Å². The van der Waals surface area contributed by atoms with E-state index < -0.39 is 34.2 Å². The molecule has 0 unspecified atom stereocenters. The summed E-state index contributed by atoms with van der Waals surface area (Å²) in [5.74, 6) is -0.578. The highest BCUT2D eigenvalue weighted by atomic mass is 19.1. The summed E-state index contributed by atoms with van der Waals surface area (Å²) in [6.07, 6.45) is 3.34. The second-order valence-electron chi connectivity index (χ2n) is 15.0. The van der Waals surface area contributed by atoms with E-state index in [1.165, 1.54) is 21.9 Å². The number of pyridine rings is 1. The van der Waals surface area contributed by atoms with Crippen molar-refractivity contribution in [1.29, 1.82) is 0 Å². The molecule has 3 aromatic rings. The highest BCUT2D eigenvalue weighted by Crippen LogP contribution is 2.47. The van der Waals surface area contributed by atoms with E-state index in [2.05, 4.69) is 20.9 Å². The number of aromatic nitrogens is 1. The van der Waals surface area contributed by atoms with E-state index in [1.807, 2.05) is 37.3 Å². The maximum Gasteiger partial charge on any atom is 0.410 e. The highest BCUT2D eigenvalue weighted by molar-refractivity contribution is 6.06. The van der Waals surface area contributed by atoms with Gasteiger partial charge in [0.2, 0.25) is 17.7 Å². The molecule has 1 saturated heterocycles. The zero-order chi connectivity index (χ0) is 35.8. The van der Waals surface area contributed by atoms with Crippen molar-refractivity contribution >= 4 is 35.3 Å². The van der Waals surface area contributed by atoms with Crippen molar-refractivity contribution < 1.29 is 28.3 Å². The van der Waals surface area contributed by atoms with Crippen molar-refractivity contribution in [2.24, 2.45) is 5.41 Å². The summed E-state index contributed by atoms with van der Waals surface area (Å²) in [6, 6.07) is 13.7. The lowest BCUT2D eigenvalue weighted by Crippen LogP contribution is -2.49. The fourth-order valence-corrected chi connectivity index (χ4v) is 7.25. The maximum absolute atomic E-state index is 14.7. The number of benzene rings is 2. The van der Waals surface area contributed by atoms with Gasteiger partial charge < -0.3 is 30.5 Å². The predicted octanol–water partition coefficient (Wildman–Crippen LogP) is 4.93. The van der Waals surface area contributed by atoms with E-state index in [0.29, 0.717) is 61.4 Å². The normalized spacial score (nSPS) is 19.0. The standard InChI is InChI=1S/C38H45FN6O5/c1-36(2,3)50-35(49)44(5)21-25-8-10-28(39)17-27(25)22-45(34(48)37(4)12-15-40-16-13-37)23-31(46)42-29-11-9-24-19-38(20-26(24)18-29)30-7-6-14-41-32(30)43-33(38)47/h6-11,14,17-18,40H,12-13,15-16,19-23H2,1-5H3,(H,42,46)(H,41,43,47)/t38-/m1/s1. The van der Waals surface area contributed by atoms with Crippen LogP contribution < -0.4 is 16.0 Å². The van der Waals surface area contributed by atoms with Crippen molar-refractivity contribution in [3.8, 4) is 0 Å². The topological polar surface area (TPSA) is 133 Å². The van der Waals surface area contributed by atoms with Crippen molar-refractivity contribution in [2.75, 3.05) is 37.3 Å². The Morgan fingerprint density at radius 1 is 1.00 bits per heavy atom. The molecular weight excluding hydrogens is 639 g/mol. The number of piperidine rings is 1. The molecule has 6 rings (SSSR count). The molecule has 1 atom stereocenters. The second-order valence-corrected chi connectivity index (χ2v) is 15.0. The summed E-state index contributed by atoms with van der Waals surface area (Å²) in [5.41, 5.74) is 2.42. The second kappa shape index (κ2) is 13.5. The molecule has 2 aliphatic heterocycles. The van der Waals surface area contributed by atoms with Crippen LogP contribution in [-0.2, 0) is 50.5 Å². The summed E-state index contributed by atoms with van der Waals surface area (Å²) in [5, 5.41) is 9.17. The molecule has 0 saturated carbocycles. The predicted molar refractivity (Wildman–Crippen MR) is 187 cm³/mol. The van der Waals surface area contributed by atoms with Gasteiger partial charge in [-0.3, -0.25) is 14.4 Å². The van der Waals surface area contributed by atoms with Crippen LogP contribution >= 0.6 is 0 Å². The Bertz CT molecular complexity index is 1830. The van der Waals surface area contributed by atoms with Gasteiger partial charge in [-0.15, -0.1) is 0 Å². The van der Waals surface area contributed by atoms with Crippen LogP contribution in [0.1, 0.15) is 68.4 Å². The first-order valence-corrected chi connectivity index (χ1v) is 17.1. The molecule has 3 heterocycles. The molecule has 1 aromatic heterocycles. The minimum atomic E-state index is -0.734. The van der Waals surface area contributed by atoms with E-state index in [9.17, 15) is 23.6 Å². The van der Waals surface area contributed by atoms with Crippen LogP contribution in [0.5, 0.6) is 0 Å². The number of carbonyl (C=O) groups excluding carboxylic acids is 4. The molecule has 2 aromatic carbocycles. The molecule has 3 N–H and O–H groups in total. The van der Waals surface area contributed by atoms with Crippen molar-refractivity contribution in [3.63, 3.8) is 0 Å². The van der Waals surface area contributed by atoms with Gasteiger partial charge in [0, 0.05) is 43.0 Å². The largest absolute Gasteiger partial charge is 0.444 e. The van der Waals surface area contributed by atoms with E-state index in [4.69, 9.17) is 4.74 Å². The summed E-state index contributed by atoms with van der Waals surface area (Å²) in [4.78, 5) is 61.0. The first-order valence-electron chi connectivity index (χ1n) is 17.1. The first-order chi connectivity index (χ1) is 23.7. The number of hydrogen-bond donors (Lipinski definition) is 3. The minimum Gasteiger partial charge on any atom is -0.444 e. The molecule has 264 valence electrons. The third-order valence-electron chi connectivity index (χ3n) is 9.95. The monoisotopic (exact) mass is 684 g/mol. The molecule has 3 aliphatic rings. The quantitative estimate of drug-likeness (QED) is 0.307. The minimum absolute atomic E-state index is 0.0280. The fourth-order valence-electron chi connectivity index (χ4n) is 7.25. The van der Waals surface area contributed by atoms with Crippen LogP contribution in [0.3, 0.4) is 0 Å². The number of fused-ring (bicyclic) bond motifs is 3. The van der Waals surface area contributed by atoms with Gasteiger partial charge in [-0.1, -0.05) is 25.1 Å². The first kappa shape index (κ1) is 35.0. The van der Waals surface area contributed by atoms with E-state index in [0.717, 1.165) is 16.7 Å². The number of nitrogens with zero attached hydrogens (tertiary/aromatic N) is 3. The number of anilines is 2. The Kier molecular flexibility index (Phi) is 9.43. The number of amides is 4. The lowest BCUT2D eigenvalue weighted by molar-refractivity contribution is -0.145. The van der Waals surface area contributed by atoms with Gasteiger partial charge >= 0.3 is 6.09 Å². The zero-order valence-electron chi connectivity index (χ0n) is 29.3. The Balaban J connectivity index is 1.21. The van der Waals surface area contributed by atoms with Gasteiger partial charge in [0.05, 0.1) is 5.41 Å². The molecule has 0 bridgehead atoms. The molecule has 12 heteroatoms. The van der Waals surface area contributed by atoms with Gasteiger partial charge in [-0.05, 0) is 112 Å². The van der Waals surface area contributed by atoms with E-state index in [1.54, 1.807) is 40.1 Å². The molecular formula is C38H45FN6O5. The number of nitrogens with one attached hydrogen (secondary N) is 3. The number of hydrogen-bond acceptors (Lipinski definition) is 7. The summed E-state index contributed by atoms with van der Waals surface area (Å²) >= 11 is 0. The lowest BCUT2D eigenvalue weighted by Gasteiger charge is -2.37. The van der Waals surface area contributed by atoms with Gasteiger partial charge in [-0.2, -0.15) is 0 Å². The van der Waals surface area contributed by atoms with Gasteiger partial charge in [0.15, 0.2) is 0 Å². The molecule has 11 nitrogen and oxygen atoms in total. The molecule has 50 heavy (non-hydrogen) atoms. The lowest BCUT2D eigenvalue weighted by atomic mass is 9.79. The summed E-state index contributed by atoms with van der Waals surface area (Å²) < 4.78 is 20.2. The van der Waals surface area contributed by atoms with Gasteiger partial charge in [-0.25, -0.2) is 14.2 Å². The Labute approximate surface area is 292 Å². The van der Waals surface area contributed by atoms with Crippen LogP contribution in [-0.4, -0.2) is 70.9 Å². The maximum atomic E-state index is 14.7. The molecule has 4 amide bonds. The van der Waals surface area contributed by atoms with E-state index >= 15 is 0 Å². The Hall–Kier alpha value is -4.84. The zero-order valence-corrected chi connectivity index (χ0v) is 29.3. The van der Waals surface area contributed by atoms with Gasteiger partial charge in [0.25, 0.3) is 0 Å². The fraction of sp³-hybridized carbons (Fsp3) is 0.447. The molecule has 0 radical (unpaired) electrons. The number of ether oxygens (including phenoxy) is 1. The van der Waals surface area contributed by atoms with Crippen LogP contribution in [0, 0.1) is 11.2 Å². The average Bonchev–Trinajstić information content (AvgIpc) is 3.57. The van der Waals surface area contributed by atoms with Gasteiger partial charge in [0.1, 0.15) is 23.8 Å². The number of carbonyl (C=O) groups is 4. The average molecular weight is 685 g/mol. The SMILES string of the molecule is CN(Cc1ccc(F)cc1CN(CC(=O)Nc1ccc2c(c1)C[C@@]1(C2)C(=O)Nc2ncccc21)C(=O)C1(C)CCNCC1)C(=O)OC(C)(C)C. The van der Waals surface area contributed by atoms with Crippen molar-refractivity contribution in [1.82, 2.24) is 20.1 Å². The smallest absolute Gasteiger partial charge is 0.410 e. The van der Waals surface area contributed by atoms with Crippen LogP contribution in [0.4, 0.5) is 20.7 Å². The van der Waals surface area contributed by atoms with Crippen LogP contribution in [0.25, 0.3) is 0 Å². The highest BCUT2D eigenvalue weighted by Gasteiger charge is 2.51. The number of halogens is 1. The summed E-state index contributed by atoms with van der Waals surface area (Å²) in [7, 11) is 1.60. The molecule has 1 spiro atoms. The molecule has 1 fully saturated rings. The summed E-state index contributed by atoms with van der Waals surface area (Å²) in [6.45, 7) is 8.42. The third-order valence-corrected chi connectivity index (χ3v) is 9.95. The number of rotatable bonds is 8. The van der Waals surface area contributed by atoms with Crippen molar-refractivity contribution in [2.45, 2.75) is 77.5 Å². The van der Waals surface area contributed by atoms with Crippen molar-refractivity contribution in [3.05, 3.63) is 88.4 Å². The Morgan fingerprint density at radius 2 is 1.74 bits per heavy atom. The third kappa shape index (κ3) is 7.21. The Morgan fingerprint density at radius 3 is 2.48 bits per heavy atom. The van der Waals surface area contributed by atoms with E-state index in [-0.39, 0.29) is 31.4 Å².